The number of hydrogen-bond donors (Lipinski definition) is 2. The molecule has 0 bridgehead atoms. The van der Waals surface area contributed by atoms with Gasteiger partial charge in [0.25, 0.3) is 0 Å². The summed E-state index contributed by atoms with van der Waals surface area (Å²) in [6.45, 7) is 0. The molecule has 2 atom stereocenters. The number of nitrogens with one attached hydrogen (secondary N) is 1. The monoisotopic (exact) mass is 237 g/mol. The van der Waals surface area contributed by atoms with Crippen molar-refractivity contribution in [3.63, 3.8) is 0 Å². The zero-order valence-electron chi connectivity index (χ0n) is 9.89. The van der Waals surface area contributed by atoms with E-state index in [0.29, 0.717) is 12.8 Å². The molecule has 2 aliphatic rings. The Kier molecular flexibility index (Phi) is 3.82. The van der Waals surface area contributed by atoms with Crippen molar-refractivity contribution in [2.45, 2.75) is 44.6 Å². The van der Waals surface area contributed by atoms with Crippen molar-refractivity contribution in [3.05, 3.63) is 12.2 Å². The third-order valence-electron chi connectivity index (χ3n) is 3.79. The molecule has 4 heteroatoms. The van der Waals surface area contributed by atoms with Crippen LogP contribution in [-0.4, -0.2) is 23.0 Å². The maximum Gasteiger partial charge on any atom is 0.307 e. The number of rotatable bonds is 3. The predicted octanol–water partition coefficient (Wildman–Crippen LogP) is 1.71. The van der Waals surface area contributed by atoms with Gasteiger partial charge in [-0.2, -0.15) is 0 Å². The highest BCUT2D eigenvalue weighted by Gasteiger charge is 2.34. The Morgan fingerprint density at radius 1 is 1.06 bits per heavy atom. The Morgan fingerprint density at radius 2 is 1.65 bits per heavy atom. The minimum Gasteiger partial charge on any atom is -0.481 e. The van der Waals surface area contributed by atoms with Crippen LogP contribution in [0.1, 0.15) is 38.5 Å². The molecule has 2 N–H and O–H groups in total. The van der Waals surface area contributed by atoms with Crippen molar-refractivity contribution >= 4 is 11.9 Å². The van der Waals surface area contributed by atoms with Gasteiger partial charge >= 0.3 is 5.97 Å². The van der Waals surface area contributed by atoms with Crippen LogP contribution in [0.2, 0.25) is 0 Å². The maximum atomic E-state index is 12.1. The molecule has 1 amide bonds. The summed E-state index contributed by atoms with van der Waals surface area (Å²) in [6.07, 6.45) is 9.19. The van der Waals surface area contributed by atoms with E-state index in [4.69, 9.17) is 5.11 Å². The summed E-state index contributed by atoms with van der Waals surface area (Å²) in [5, 5.41) is 12.1. The average Bonchev–Trinajstić information content (AvgIpc) is 2.81. The van der Waals surface area contributed by atoms with E-state index in [1.165, 1.54) is 0 Å². The summed E-state index contributed by atoms with van der Waals surface area (Å²) in [7, 11) is 0. The number of amides is 1. The van der Waals surface area contributed by atoms with Crippen LogP contribution in [0.25, 0.3) is 0 Å². The van der Waals surface area contributed by atoms with Crippen LogP contribution in [0.5, 0.6) is 0 Å². The molecule has 0 aromatic rings. The van der Waals surface area contributed by atoms with Crippen LogP contribution in [0.3, 0.4) is 0 Å². The fourth-order valence-corrected chi connectivity index (χ4v) is 2.76. The number of carbonyl (C=O) groups excluding carboxylic acids is 1. The Balaban J connectivity index is 1.96. The van der Waals surface area contributed by atoms with E-state index in [9.17, 15) is 9.59 Å². The SMILES string of the molecule is O=C(O)C1CC=CCC1C(=O)NC1CCCC1. The summed E-state index contributed by atoms with van der Waals surface area (Å²) < 4.78 is 0. The standard InChI is InChI=1S/C13H19NO3/c15-12(14-9-5-1-2-6-9)10-7-3-4-8-11(10)13(16)17/h3-4,9-11H,1-2,5-8H2,(H,14,15)(H,16,17). The fourth-order valence-electron chi connectivity index (χ4n) is 2.76. The lowest BCUT2D eigenvalue weighted by Crippen LogP contribution is -2.42. The molecule has 94 valence electrons. The molecule has 2 rings (SSSR count). The first-order valence-corrected chi connectivity index (χ1v) is 6.36. The third kappa shape index (κ3) is 2.87. The molecule has 0 radical (unpaired) electrons. The molecule has 17 heavy (non-hydrogen) atoms. The number of allylic oxidation sites excluding steroid dienone is 2. The zero-order valence-corrected chi connectivity index (χ0v) is 9.89. The van der Waals surface area contributed by atoms with Crippen molar-refractivity contribution < 1.29 is 14.7 Å². The van der Waals surface area contributed by atoms with E-state index >= 15 is 0 Å². The first-order chi connectivity index (χ1) is 8.18. The van der Waals surface area contributed by atoms with Gasteiger partial charge in [-0.3, -0.25) is 9.59 Å². The topological polar surface area (TPSA) is 66.4 Å². The van der Waals surface area contributed by atoms with Gasteiger partial charge in [-0.05, 0) is 25.7 Å². The summed E-state index contributed by atoms with van der Waals surface area (Å²) in [6, 6.07) is 0.267. The van der Waals surface area contributed by atoms with Crippen LogP contribution in [0.4, 0.5) is 0 Å². The van der Waals surface area contributed by atoms with Crippen LogP contribution in [0, 0.1) is 11.8 Å². The molecule has 1 saturated carbocycles. The number of carboxylic acid groups (broad SMARTS) is 1. The Hall–Kier alpha value is -1.32. The fraction of sp³-hybridized carbons (Fsp3) is 0.692. The minimum atomic E-state index is -0.860. The number of hydrogen-bond acceptors (Lipinski definition) is 2. The van der Waals surface area contributed by atoms with Gasteiger partial charge in [0.05, 0.1) is 11.8 Å². The van der Waals surface area contributed by atoms with E-state index in [1.807, 2.05) is 12.2 Å². The second kappa shape index (κ2) is 5.34. The van der Waals surface area contributed by atoms with E-state index in [2.05, 4.69) is 5.32 Å². The van der Waals surface area contributed by atoms with Crippen molar-refractivity contribution in [2.24, 2.45) is 11.8 Å². The second-order valence-corrected chi connectivity index (χ2v) is 4.98. The van der Waals surface area contributed by atoms with Gasteiger partial charge in [-0.1, -0.05) is 25.0 Å². The lowest BCUT2D eigenvalue weighted by atomic mass is 9.82. The van der Waals surface area contributed by atoms with E-state index in [1.54, 1.807) is 0 Å². The summed E-state index contributed by atoms with van der Waals surface area (Å²) in [4.78, 5) is 23.2. The number of carboxylic acids is 1. The summed E-state index contributed by atoms with van der Waals surface area (Å²) in [5.74, 6) is -1.88. The lowest BCUT2D eigenvalue weighted by Gasteiger charge is -2.25. The summed E-state index contributed by atoms with van der Waals surface area (Å²) >= 11 is 0. The summed E-state index contributed by atoms with van der Waals surface area (Å²) in [5.41, 5.74) is 0. The van der Waals surface area contributed by atoms with E-state index in [-0.39, 0.29) is 11.9 Å². The lowest BCUT2D eigenvalue weighted by molar-refractivity contribution is -0.147. The third-order valence-corrected chi connectivity index (χ3v) is 3.79. The molecule has 0 saturated heterocycles. The molecular weight excluding hydrogens is 218 g/mol. The van der Waals surface area contributed by atoms with Gasteiger partial charge in [0.1, 0.15) is 0 Å². The molecular formula is C13H19NO3. The Morgan fingerprint density at radius 3 is 2.24 bits per heavy atom. The van der Waals surface area contributed by atoms with Gasteiger partial charge in [0.15, 0.2) is 0 Å². The van der Waals surface area contributed by atoms with Gasteiger partial charge in [0.2, 0.25) is 5.91 Å². The van der Waals surface area contributed by atoms with Gasteiger partial charge < -0.3 is 10.4 Å². The van der Waals surface area contributed by atoms with E-state index in [0.717, 1.165) is 25.7 Å². The molecule has 2 unspecified atom stereocenters. The van der Waals surface area contributed by atoms with Crippen LogP contribution in [0.15, 0.2) is 12.2 Å². The molecule has 0 spiro atoms. The van der Waals surface area contributed by atoms with Crippen LogP contribution < -0.4 is 5.32 Å². The second-order valence-electron chi connectivity index (χ2n) is 4.98. The van der Waals surface area contributed by atoms with Crippen molar-refractivity contribution in [1.29, 1.82) is 0 Å². The number of carbonyl (C=O) groups is 2. The highest BCUT2D eigenvalue weighted by molar-refractivity contribution is 5.85. The molecule has 0 aromatic carbocycles. The van der Waals surface area contributed by atoms with Gasteiger partial charge in [-0.15, -0.1) is 0 Å². The molecule has 0 heterocycles. The largest absolute Gasteiger partial charge is 0.481 e. The average molecular weight is 237 g/mol. The number of aliphatic carboxylic acids is 1. The van der Waals surface area contributed by atoms with E-state index < -0.39 is 17.8 Å². The first kappa shape index (κ1) is 12.1. The van der Waals surface area contributed by atoms with Crippen LogP contribution >= 0.6 is 0 Å². The minimum absolute atomic E-state index is 0.0753. The maximum absolute atomic E-state index is 12.1. The quantitative estimate of drug-likeness (QED) is 0.734. The molecule has 4 nitrogen and oxygen atoms in total. The molecule has 0 aromatic heterocycles. The predicted molar refractivity (Wildman–Crippen MR) is 63.4 cm³/mol. The normalized spacial score (nSPS) is 29.2. The smallest absolute Gasteiger partial charge is 0.307 e. The molecule has 2 aliphatic carbocycles. The van der Waals surface area contributed by atoms with Gasteiger partial charge in [0, 0.05) is 6.04 Å². The Labute approximate surface area is 101 Å². The molecule has 1 fully saturated rings. The van der Waals surface area contributed by atoms with Gasteiger partial charge in [-0.25, -0.2) is 0 Å². The highest BCUT2D eigenvalue weighted by Crippen LogP contribution is 2.27. The van der Waals surface area contributed by atoms with Crippen molar-refractivity contribution in [2.75, 3.05) is 0 Å². The first-order valence-electron chi connectivity index (χ1n) is 6.36. The Bertz CT molecular complexity index is 332. The van der Waals surface area contributed by atoms with Crippen LogP contribution in [-0.2, 0) is 9.59 Å². The zero-order chi connectivity index (χ0) is 12.3. The van der Waals surface area contributed by atoms with Crippen molar-refractivity contribution in [1.82, 2.24) is 5.32 Å². The molecule has 0 aliphatic heterocycles. The van der Waals surface area contributed by atoms with Crippen molar-refractivity contribution in [3.8, 4) is 0 Å². The highest BCUT2D eigenvalue weighted by atomic mass is 16.4.